The van der Waals surface area contributed by atoms with Crippen LogP contribution in [0.15, 0.2) is 59.3 Å². The van der Waals surface area contributed by atoms with E-state index in [0.29, 0.717) is 6.54 Å². The Kier molecular flexibility index (Phi) is 4.59. The lowest BCUT2D eigenvalue weighted by Crippen LogP contribution is -2.10. The Morgan fingerprint density at radius 1 is 1.08 bits per heavy atom. The molecule has 3 rings (SSSR count). The van der Waals surface area contributed by atoms with E-state index in [1.807, 2.05) is 16.8 Å². The maximum absolute atomic E-state index is 13.6. The molecule has 0 saturated heterocycles. The molecule has 0 spiro atoms. The molecule has 0 saturated carbocycles. The van der Waals surface area contributed by atoms with Gasteiger partial charge in [-0.3, -0.25) is 0 Å². The zero-order valence-electron chi connectivity index (χ0n) is 14.1. The Morgan fingerprint density at radius 2 is 1.79 bits per heavy atom. The molecule has 2 aromatic carbocycles. The van der Waals surface area contributed by atoms with Crippen molar-refractivity contribution in [1.82, 2.24) is 9.55 Å². The normalized spacial score (nSPS) is 11.7. The highest BCUT2D eigenvalue weighted by Gasteiger charge is 2.14. The quantitative estimate of drug-likeness (QED) is 0.556. The molecular weight excluding hydrogens is 367 g/mol. The van der Waals surface area contributed by atoms with E-state index in [4.69, 9.17) is 0 Å². The van der Waals surface area contributed by atoms with Gasteiger partial charge in [-0.05, 0) is 34.7 Å². The van der Waals surface area contributed by atoms with Crippen molar-refractivity contribution in [2.45, 2.75) is 32.7 Å². The minimum Gasteiger partial charge on any atom is -0.327 e. The van der Waals surface area contributed by atoms with Crippen molar-refractivity contribution in [2.75, 3.05) is 0 Å². The van der Waals surface area contributed by atoms with E-state index in [2.05, 4.69) is 66.0 Å². The average Bonchev–Trinajstić information content (AvgIpc) is 2.93. The first-order chi connectivity index (χ1) is 11.3. The number of hydrogen-bond donors (Lipinski definition) is 0. The van der Waals surface area contributed by atoms with Gasteiger partial charge in [0.1, 0.15) is 11.6 Å². The van der Waals surface area contributed by atoms with Gasteiger partial charge in [0.15, 0.2) is 0 Å². The van der Waals surface area contributed by atoms with Crippen LogP contribution in [0, 0.1) is 5.82 Å². The molecule has 0 unspecified atom stereocenters. The molecule has 0 bridgehead atoms. The monoisotopic (exact) mass is 386 g/mol. The number of hydrogen-bond acceptors (Lipinski definition) is 1. The van der Waals surface area contributed by atoms with Gasteiger partial charge in [-0.2, -0.15) is 0 Å². The second-order valence-electron chi connectivity index (χ2n) is 6.98. The lowest BCUT2D eigenvalue weighted by molar-refractivity contribution is 0.590. The highest BCUT2D eigenvalue weighted by Crippen LogP contribution is 2.26. The van der Waals surface area contributed by atoms with E-state index >= 15 is 0 Å². The molecule has 0 aliphatic rings. The van der Waals surface area contributed by atoms with Crippen LogP contribution in [0.5, 0.6) is 0 Å². The molecule has 0 radical (unpaired) electrons. The molecule has 3 aromatic rings. The zero-order valence-corrected chi connectivity index (χ0v) is 15.6. The predicted octanol–water partition coefficient (Wildman–Crippen LogP) is 5.80. The second kappa shape index (κ2) is 6.52. The fourth-order valence-corrected chi connectivity index (χ4v) is 3.23. The number of halogens is 2. The van der Waals surface area contributed by atoms with Crippen molar-refractivity contribution in [3.05, 3.63) is 76.3 Å². The lowest BCUT2D eigenvalue weighted by Gasteiger charge is -2.19. The minimum atomic E-state index is -0.240. The summed E-state index contributed by atoms with van der Waals surface area (Å²) in [5.41, 5.74) is 3.37. The van der Waals surface area contributed by atoms with Crippen molar-refractivity contribution in [1.29, 1.82) is 0 Å². The van der Waals surface area contributed by atoms with E-state index in [0.717, 1.165) is 21.4 Å². The van der Waals surface area contributed by atoms with Crippen LogP contribution in [0.1, 0.15) is 31.9 Å². The molecule has 1 heterocycles. The first-order valence-electron chi connectivity index (χ1n) is 7.90. The summed E-state index contributed by atoms with van der Waals surface area (Å²) in [5.74, 6) is 0.645. The van der Waals surface area contributed by atoms with Gasteiger partial charge in [-0.25, -0.2) is 9.37 Å². The third kappa shape index (κ3) is 3.75. The van der Waals surface area contributed by atoms with E-state index in [1.165, 1.54) is 11.6 Å². The van der Waals surface area contributed by atoms with Crippen LogP contribution < -0.4 is 0 Å². The van der Waals surface area contributed by atoms with Crippen LogP contribution in [-0.2, 0) is 12.0 Å². The Bertz CT molecular complexity index is 825. The van der Waals surface area contributed by atoms with Gasteiger partial charge >= 0.3 is 0 Å². The van der Waals surface area contributed by atoms with Crippen LogP contribution in [0.4, 0.5) is 4.39 Å². The zero-order chi connectivity index (χ0) is 17.3. The van der Waals surface area contributed by atoms with Crippen molar-refractivity contribution in [3.63, 3.8) is 0 Å². The second-order valence-corrected chi connectivity index (χ2v) is 7.90. The molecule has 0 aliphatic heterocycles. The molecule has 4 heteroatoms. The third-order valence-corrected chi connectivity index (χ3v) is 4.46. The maximum atomic E-state index is 13.6. The van der Waals surface area contributed by atoms with Gasteiger partial charge in [-0.15, -0.1) is 0 Å². The molecule has 0 fully saturated rings. The largest absolute Gasteiger partial charge is 0.327 e. The van der Waals surface area contributed by atoms with Gasteiger partial charge in [0, 0.05) is 29.0 Å². The molecule has 2 nitrogen and oxygen atoms in total. The van der Waals surface area contributed by atoms with Crippen LogP contribution in [0.25, 0.3) is 11.4 Å². The number of benzene rings is 2. The van der Waals surface area contributed by atoms with Gasteiger partial charge < -0.3 is 4.57 Å². The van der Waals surface area contributed by atoms with Gasteiger partial charge in [0.05, 0.1) is 0 Å². The molecule has 0 aliphatic carbocycles. The van der Waals surface area contributed by atoms with E-state index in [1.54, 1.807) is 12.3 Å². The van der Waals surface area contributed by atoms with Crippen molar-refractivity contribution in [3.8, 4) is 11.4 Å². The summed E-state index contributed by atoms with van der Waals surface area (Å²) < 4.78 is 16.4. The summed E-state index contributed by atoms with van der Waals surface area (Å²) in [6.07, 6.45) is 3.70. The summed E-state index contributed by atoms with van der Waals surface area (Å²) in [4.78, 5) is 4.48. The highest BCUT2D eigenvalue weighted by molar-refractivity contribution is 9.10. The van der Waals surface area contributed by atoms with Crippen molar-refractivity contribution in [2.24, 2.45) is 0 Å². The van der Waals surface area contributed by atoms with Crippen LogP contribution in [0.2, 0.25) is 0 Å². The van der Waals surface area contributed by atoms with Crippen LogP contribution in [0.3, 0.4) is 0 Å². The standard InChI is InChI=1S/C20H20BrFN2/c1-20(2,3)16-6-4-15(5-7-16)19-23-8-9-24(19)13-14-10-17(21)12-18(22)11-14/h4-12H,13H2,1-3H3. The van der Waals surface area contributed by atoms with Gasteiger partial charge in [0.25, 0.3) is 0 Å². The summed E-state index contributed by atoms with van der Waals surface area (Å²) in [6.45, 7) is 7.17. The number of imidazole rings is 1. The van der Waals surface area contributed by atoms with E-state index in [9.17, 15) is 4.39 Å². The molecule has 124 valence electrons. The molecule has 0 N–H and O–H groups in total. The first kappa shape index (κ1) is 16.9. The average molecular weight is 387 g/mol. The fourth-order valence-electron chi connectivity index (χ4n) is 2.72. The molecule has 0 atom stereocenters. The van der Waals surface area contributed by atoms with Gasteiger partial charge in [0.2, 0.25) is 0 Å². The van der Waals surface area contributed by atoms with Crippen LogP contribution >= 0.6 is 15.9 Å². The molecule has 1 aromatic heterocycles. The molecule has 24 heavy (non-hydrogen) atoms. The maximum Gasteiger partial charge on any atom is 0.140 e. The molecule has 0 amide bonds. The summed E-state index contributed by atoms with van der Waals surface area (Å²) in [6, 6.07) is 13.4. The van der Waals surface area contributed by atoms with E-state index in [-0.39, 0.29) is 11.2 Å². The Balaban J connectivity index is 1.90. The topological polar surface area (TPSA) is 17.8 Å². The lowest BCUT2D eigenvalue weighted by atomic mass is 9.87. The van der Waals surface area contributed by atoms with Crippen LogP contribution in [-0.4, -0.2) is 9.55 Å². The number of rotatable bonds is 3. The summed E-state index contributed by atoms with van der Waals surface area (Å²) in [5, 5.41) is 0. The number of aromatic nitrogens is 2. The Labute approximate surface area is 150 Å². The molecular formula is C20H20BrFN2. The van der Waals surface area contributed by atoms with E-state index < -0.39 is 0 Å². The fraction of sp³-hybridized carbons (Fsp3) is 0.250. The Hall–Kier alpha value is -1.94. The Morgan fingerprint density at radius 3 is 2.42 bits per heavy atom. The first-order valence-corrected chi connectivity index (χ1v) is 8.69. The number of nitrogens with zero attached hydrogens (tertiary/aromatic N) is 2. The highest BCUT2D eigenvalue weighted by atomic mass is 79.9. The van der Waals surface area contributed by atoms with Gasteiger partial charge in [-0.1, -0.05) is 61.0 Å². The smallest absolute Gasteiger partial charge is 0.140 e. The third-order valence-electron chi connectivity index (χ3n) is 4.00. The van der Waals surface area contributed by atoms with Crippen molar-refractivity contribution >= 4 is 15.9 Å². The predicted molar refractivity (Wildman–Crippen MR) is 99.6 cm³/mol. The summed E-state index contributed by atoms with van der Waals surface area (Å²) in [7, 11) is 0. The SMILES string of the molecule is CC(C)(C)c1ccc(-c2nccn2Cc2cc(F)cc(Br)c2)cc1. The minimum absolute atomic E-state index is 0.127. The summed E-state index contributed by atoms with van der Waals surface area (Å²) >= 11 is 3.34. The van der Waals surface area contributed by atoms with Crippen molar-refractivity contribution < 1.29 is 4.39 Å².